The summed E-state index contributed by atoms with van der Waals surface area (Å²) in [6, 6.07) is 5.65. The number of hydrogen-bond acceptors (Lipinski definition) is 3. The highest BCUT2D eigenvalue weighted by atomic mass is 16.4. The van der Waals surface area contributed by atoms with Crippen LogP contribution >= 0.6 is 0 Å². The Bertz CT molecular complexity index is 410. The van der Waals surface area contributed by atoms with Crippen molar-refractivity contribution in [2.45, 2.75) is 13.5 Å². The van der Waals surface area contributed by atoms with Crippen LogP contribution in [0.4, 0.5) is 0 Å². The third-order valence-electron chi connectivity index (χ3n) is 2.01. The number of nitrogens with zero attached hydrogens (tertiary/aromatic N) is 2. The normalized spacial score (nSPS) is 10.1. The van der Waals surface area contributed by atoms with Crippen molar-refractivity contribution in [2.75, 3.05) is 13.1 Å². The molecule has 0 aliphatic carbocycles. The Morgan fingerprint density at radius 2 is 2.38 bits per heavy atom. The number of pyridine rings is 1. The van der Waals surface area contributed by atoms with Gasteiger partial charge < -0.3 is 5.11 Å². The van der Waals surface area contributed by atoms with Crippen LogP contribution < -0.4 is 0 Å². The highest BCUT2D eigenvalue weighted by Crippen LogP contribution is 2.02. The van der Waals surface area contributed by atoms with Gasteiger partial charge in [-0.05, 0) is 19.1 Å². The van der Waals surface area contributed by atoms with Gasteiger partial charge in [0.1, 0.15) is 0 Å². The molecular formula is C12H14N2O2. The lowest BCUT2D eigenvalue weighted by Crippen LogP contribution is -2.30. The van der Waals surface area contributed by atoms with Crippen LogP contribution in [0.5, 0.6) is 0 Å². The first-order chi connectivity index (χ1) is 7.61. The molecule has 0 bridgehead atoms. The average molecular weight is 218 g/mol. The quantitative estimate of drug-likeness (QED) is 0.746. The number of aryl methyl sites for hydroxylation is 1. The summed E-state index contributed by atoms with van der Waals surface area (Å²) in [5.41, 5.74) is 1.74. The molecule has 0 aliphatic heterocycles. The van der Waals surface area contributed by atoms with E-state index in [0.29, 0.717) is 13.1 Å². The van der Waals surface area contributed by atoms with E-state index in [0.717, 1.165) is 11.4 Å². The minimum atomic E-state index is -0.886. The lowest BCUT2D eigenvalue weighted by atomic mass is 10.3. The van der Waals surface area contributed by atoms with Gasteiger partial charge in [0.15, 0.2) is 0 Å². The van der Waals surface area contributed by atoms with Gasteiger partial charge in [-0.1, -0.05) is 12.0 Å². The molecule has 0 spiro atoms. The second kappa shape index (κ2) is 5.89. The van der Waals surface area contributed by atoms with Gasteiger partial charge in [0.05, 0.1) is 18.8 Å². The summed E-state index contributed by atoms with van der Waals surface area (Å²) in [6.07, 6.45) is 5.18. The molecule has 0 saturated heterocycles. The fraction of sp³-hybridized carbons (Fsp3) is 0.333. The Morgan fingerprint density at radius 1 is 1.62 bits per heavy atom. The number of carboxylic acid groups (broad SMARTS) is 1. The largest absolute Gasteiger partial charge is 0.480 e. The van der Waals surface area contributed by atoms with Crippen molar-refractivity contribution >= 4 is 5.97 Å². The zero-order valence-corrected chi connectivity index (χ0v) is 9.18. The Labute approximate surface area is 94.9 Å². The van der Waals surface area contributed by atoms with E-state index in [1.165, 1.54) is 0 Å². The number of terminal acetylenes is 1. The van der Waals surface area contributed by atoms with Crippen LogP contribution in [0.2, 0.25) is 0 Å². The van der Waals surface area contributed by atoms with Crippen molar-refractivity contribution < 1.29 is 9.90 Å². The molecule has 0 atom stereocenters. The Balaban J connectivity index is 2.68. The maximum Gasteiger partial charge on any atom is 0.317 e. The molecule has 0 aromatic carbocycles. The highest BCUT2D eigenvalue weighted by molar-refractivity contribution is 5.69. The molecule has 0 fully saturated rings. The molecule has 4 heteroatoms. The first-order valence-corrected chi connectivity index (χ1v) is 4.92. The van der Waals surface area contributed by atoms with E-state index in [1.54, 1.807) is 4.90 Å². The molecule has 1 aromatic heterocycles. The third kappa shape index (κ3) is 4.11. The monoisotopic (exact) mass is 218 g/mol. The maximum atomic E-state index is 10.6. The number of carbonyl (C=O) groups is 1. The third-order valence-corrected chi connectivity index (χ3v) is 2.01. The predicted octanol–water partition coefficient (Wildman–Crippen LogP) is 0.910. The summed E-state index contributed by atoms with van der Waals surface area (Å²) in [7, 11) is 0. The summed E-state index contributed by atoms with van der Waals surface area (Å²) in [5, 5.41) is 8.71. The number of aliphatic carboxylic acids is 1. The van der Waals surface area contributed by atoms with Crippen molar-refractivity contribution in [3.63, 3.8) is 0 Å². The van der Waals surface area contributed by atoms with Crippen LogP contribution in [0.3, 0.4) is 0 Å². The number of rotatable bonds is 5. The van der Waals surface area contributed by atoms with E-state index in [4.69, 9.17) is 11.5 Å². The highest BCUT2D eigenvalue weighted by Gasteiger charge is 2.09. The van der Waals surface area contributed by atoms with Gasteiger partial charge in [-0.15, -0.1) is 6.42 Å². The summed E-state index contributed by atoms with van der Waals surface area (Å²) >= 11 is 0. The van der Waals surface area contributed by atoms with Crippen molar-refractivity contribution in [1.29, 1.82) is 0 Å². The SMILES string of the molecule is C#CCN(CC(=O)O)Cc1cccc(C)n1. The summed E-state index contributed by atoms with van der Waals surface area (Å²) in [5.74, 6) is 1.56. The van der Waals surface area contributed by atoms with E-state index in [9.17, 15) is 4.79 Å². The van der Waals surface area contributed by atoms with E-state index >= 15 is 0 Å². The van der Waals surface area contributed by atoms with Crippen LogP contribution in [0.25, 0.3) is 0 Å². The first-order valence-electron chi connectivity index (χ1n) is 4.92. The predicted molar refractivity (Wildman–Crippen MR) is 60.7 cm³/mol. The average Bonchev–Trinajstić information content (AvgIpc) is 2.16. The molecule has 0 amide bonds. The van der Waals surface area contributed by atoms with Gasteiger partial charge in [-0.3, -0.25) is 14.7 Å². The number of carboxylic acids is 1. The van der Waals surface area contributed by atoms with Gasteiger partial charge in [0.2, 0.25) is 0 Å². The molecular weight excluding hydrogens is 204 g/mol. The molecule has 1 rings (SSSR count). The van der Waals surface area contributed by atoms with Gasteiger partial charge in [-0.2, -0.15) is 0 Å². The number of hydrogen-bond donors (Lipinski definition) is 1. The van der Waals surface area contributed by atoms with E-state index in [1.807, 2.05) is 25.1 Å². The molecule has 1 heterocycles. The van der Waals surface area contributed by atoms with Gasteiger partial charge in [-0.25, -0.2) is 0 Å². The topological polar surface area (TPSA) is 53.4 Å². The number of aromatic nitrogens is 1. The standard InChI is InChI=1S/C12H14N2O2/c1-3-7-14(9-12(15)16)8-11-6-4-5-10(2)13-11/h1,4-6H,7-9H2,2H3,(H,15,16). The first kappa shape index (κ1) is 12.2. The fourth-order valence-electron chi connectivity index (χ4n) is 1.40. The lowest BCUT2D eigenvalue weighted by molar-refractivity contribution is -0.138. The summed E-state index contributed by atoms with van der Waals surface area (Å²) in [6.45, 7) is 2.59. The second-order valence-corrected chi connectivity index (χ2v) is 3.51. The molecule has 1 N–H and O–H groups in total. The van der Waals surface area contributed by atoms with E-state index < -0.39 is 5.97 Å². The van der Waals surface area contributed by atoms with Crippen molar-refractivity contribution in [3.8, 4) is 12.3 Å². The maximum absolute atomic E-state index is 10.6. The van der Waals surface area contributed by atoms with E-state index in [-0.39, 0.29) is 6.54 Å². The van der Waals surface area contributed by atoms with Crippen LogP contribution in [0, 0.1) is 19.3 Å². The molecule has 0 radical (unpaired) electrons. The van der Waals surface area contributed by atoms with Crippen LogP contribution in [0.1, 0.15) is 11.4 Å². The smallest absolute Gasteiger partial charge is 0.317 e. The van der Waals surface area contributed by atoms with Crippen molar-refractivity contribution in [1.82, 2.24) is 9.88 Å². The van der Waals surface area contributed by atoms with Gasteiger partial charge >= 0.3 is 5.97 Å². The zero-order valence-electron chi connectivity index (χ0n) is 9.18. The molecule has 1 aromatic rings. The molecule has 0 unspecified atom stereocenters. The van der Waals surface area contributed by atoms with E-state index in [2.05, 4.69) is 10.9 Å². The van der Waals surface area contributed by atoms with Crippen LogP contribution in [-0.2, 0) is 11.3 Å². The molecule has 0 aliphatic rings. The lowest BCUT2D eigenvalue weighted by Gasteiger charge is -2.16. The van der Waals surface area contributed by atoms with Gasteiger partial charge in [0.25, 0.3) is 0 Å². The van der Waals surface area contributed by atoms with Crippen LogP contribution in [-0.4, -0.2) is 34.0 Å². The molecule has 0 saturated carbocycles. The Hall–Kier alpha value is -1.86. The fourth-order valence-corrected chi connectivity index (χ4v) is 1.40. The van der Waals surface area contributed by atoms with Crippen molar-refractivity contribution in [3.05, 3.63) is 29.6 Å². The summed E-state index contributed by atoms with van der Waals surface area (Å²) in [4.78, 5) is 16.6. The molecule has 4 nitrogen and oxygen atoms in total. The summed E-state index contributed by atoms with van der Waals surface area (Å²) < 4.78 is 0. The Kier molecular flexibility index (Phi) is 4.49. The second-order valence-electron chi connectivity index (χ2n) is 3.51. The zero-order chi connectivity index (χ0) is 12.0. The molecule has 84 valence electrons. The van der Waals surface area contributed by atoms with Crippen molar-refractivity contribution in [2.24, 2.45) is 0 Å². The minimum absolute atomic E-state index is 0.0696. The Morgan fingerprint density at radius 3 is 2.94 bits per heavy atom. The van der Waals surface area contributed by atoms with Gasteiger partial charge in [0, 0.05) is 12.2 Å². The minimum Gasteiger partial charge on any atom is -0.480 e. The molecule has 16 heavy (non-hydrogen) atoms. The van der Waals surface area contributed by atoms with Crippen LogP contribution in [0.15, 0.2) is 18.2 Å².